The summed E-state index contributed by atoms with van der Waals surface area (Å²) in [6.45, 7) is 6.95. The maximum atomic E-state index is 11.7. The Hall–Kier alpha value is -2.44. The van der Waals surface area contributed by atoms with Crippen molar-refractivity contribution in [1.82, 2.24) is 15.5 Å². The third-order valence-corrected chi connectivity index (χ3v) is 4.06. The van der Waals surface area contributed by atoms with Gasteiger partial charge in [0.1, 0.15) is 5.75 Å². The fraction of sp³-hybridized carbons (Fsp3) is 0.556. The average molecular weight is 348 g/mol. The Kier molecular flexibility index (Phi) is 7.37. The molecule has 138 valence electrons. The van der Waals surface area contributed by atoms with Gasteiger partial charge in [0.2, 0.25) is 0 Å². The van der Waals surface area contributed by atoms with Crippen molar-refractivity contribution in [3.05, 3.63) is 29.8 Å². The lowest BCUT2D eigenvalue weighted by Gasteiger charge is -2.32. The van der Waals surface area contributed by atoms with Crippen molar-refractivity contribution in [2.45, 2.75) is 39.3 Å². The number of phenolic OH excluding ortho intramolecular Hbond substituents is 1. The highest BCUT2D eigenvalue weighted by atomic mass is 16.6. The van der Waals surface area contributed by atoms with E-state index in [2.05, 4.69) is 15.6 Å². The number of aromatic hydroxyl groups is 1. The molecule has 0 atom stereocenters. The van der Waals surface area contributed by atoms with Crippen LogP contribution in [0.3, 0.4) is 0 Å². The van der Waals surface area contributed by atoms with E-state index in [9.17, 15) is 9.90 Å². The van der Waals surface area contributed by atoms with Crippen LogP contribution in [0.5, 0.6) is 5.75 Å². The van der Waals surface area contributed by atoms with Gasteiger partial charge in [-0.25, -0.2) is 9.79 Å². The summed E-state index contributed by atoms with van der Waals surface area (Å²) in [7, 11) is 0. The zero-order chi connectivity index (χ0) is 18.1. The largest absolute Gasteiger partial charge is 0.508 e. The summed E-state index contributed by atoms with van der Waals surface area (Å²) in [4.78, 5) is 18.1. The molecule has 1 saturated heterocycles. The first-order chi connectivity index (χ1) is 12.1. The molecule has 1 aromatic rings. The molecule has 1 aromatic carbocycles. The molecule has 0 saturated carbocycles. The molecule has 1 heterocycles. The lowest BCUT2D eigenvalue weighted by Crippen LogP contribution is -2.49. The number of nitrogens with zero attached hydrogens (tertiary/aromatic N) is 2. The van der Waals surface area contributed by atoms with E-state index in [1.54, 1.807) is 17.0 Å². The topological polar surface area (TPSA) is 86.2 Å². The molecule has 7 nitrogen and oxygen atoms in total. The summed E-state index contributed by atoms with van der Waals surface area (Å²) in [6.07, 6.45) is 1.50. The molecule has 0 bridgehead atoms. The molecule has 25 heavy (non-hydrogen) atoms. The highest BCUT2D eigenvalue weighted by Crippen LogP contribution is 2.12. The van der Waals surface area contributed by atoms with Crippen molar-refractivity contribution in [2.24, 2.45) is 4.99 Å². The summed E-state index contributed by atoms with van der Waals surface area (Å²) in [5, 5.41) is 16.0. The number of aliphatic imine (C=N–C) groups is 1. The molecule has 0 aromatic heterocycles. The Morgan fingerprint density at radius 2 is 1.96 bits per heavy atom. The van der Waals surface area contributed by atoms with E-state index < -0.39 is 0 Å². The average Bonchev–Trinajstić information content (AvgIpc) is 2.62. The van der Waals surface area contributed by atoms with Gasteiger partial charge in [-0.05, 0) is 44.4 Å². The minimum atomic E-state index is -0.228. The second-order valence-corrected chi connectivity index (χ2v) is 5.97. The van der Waals surface area contributed by atoms with Crippen molar-refractivity contribution in [2.75, 3.05) is 26.2 Å². The van der Waals surface area contributed by atoms with Crippen LogP contribution >= 0.6 is 0 Å². The molecular weight excluding hydrogens is 320 g/mol. The van der Waals surface area contributed by atoms with E-state index in [-0.39, 0.29) is 17.9 Å². The van der Waals surface area contributed by atoms with Crippen molar-refractivity contribution >= 4 is 12.1 Å². The summed E-state index contributed by atoms with van der Waals surface area (Å²) in [5.74, 6) is 1.02. The molecule has 1 amide bonds. The van der Waals surface area contributed by atoms with Crippen LogP contribution in [0.25, 0.3) is 0 Å². The second kappa shape index (κ2) is 9.76. The molecule has 0 unspecified atom stereocenters. The van der Waals surface area contributed by atoms with Gasteiger partial charge in [-0.1, -0.05) is 12.1 Å². The molecular formula is C18H28N4O3. The number of guanidine groups is 1. The lowest BCUT2D eigenvalue weighted by molar-refractivity contribution is 0.0963. The smallest absolute Gasteiger partial charge is 0.409 e. The minimum Gasteiger partial charge on any atom is -0.508 e. The molecule has 0 aliphatic carbocycles. The van der Waals surface area contributed by atoms with Gasteiger partial charge in [-0.3, -0.25) is 0 Å². The number of amides is 1. The Morgan fingerprint density at radius 1 is 1.28 bits per heavy atom. The van der Waals surface area contributed by atoms with Gasteiger partial charge < -0.3 is 25.4 Å². The van der Waals surface area contributed by atoms with Crippen molar-refractivity contribution in [1.29, 1.82) is 0 Å². The fourth-order valence-electron chi connectivity index (χ4n) is 2.71. The van der Waals surface area contributed by atoms with Gasteiger partial charge in [-0.15, -0.1) is 0 Å². The maximum absolute atomic E-state index is 11.7. The number of carbonyl (C=O) groups is 1. The number of carbonyl (C=O) groups excluding carboxylic acids is 1. The van der Waals surface area contributed by atoms with Crippen LogP contribution in [0.1, 0.15) is 32.3 Å². The maximum Gasteiger partial charge on any atom is 0.409 e. The van der Waals surface area contributed by atoms with Gasteiger partial charge in [0.25, 0.3) is 0 Å². The van der Waals surface area contributed by atoms with Crippen LogP contribution in [0.15, 0.2) is 29.3 Å². The van der Waals surface area contributed by atoms with Gasteiger partial charge >= 0.3 is 6.09 Å². The van der Waals surface area contributed by atoms with Crippen LogP contribution in [0.4, 0.5) is 4.79 Å². The zero-order valence-electron chi connectivity index (χ0n) is 15.0. The van der Waals surface area contributed by atoms with E-state index >= 15 is 0 Å². The number of piperidine rings is 1. The van der Waals surface area contributed by atoms with Gasteiger partial charge in [-0.2, -0.15) is 0 Å². The molecule has 7 heteroatoms. The van der Waals surface area contributed by atoms with Crippen LogP contribution in [0.2, 0.25) is 0 Å². The van der Waals surface area contributed by atoms with E-state index in [0.29, 0.717) is 26.2 Å². The van der Waals surface area contributed by atoms with E-state index in [1.807, 2.05) is 26.0 Å². The normalized spacial score (nSPS) is 15.8. The molecule has 0 radical (unpaired) electrons. The number of hydrogen-bond acceptors (Lipinski definition) is 4. The van der Waals surface area contributed by atoms with E-state index in [1.165, 1.54) is 0 Å². The summed E-state index contributed by atoms with van der Waals surface area (Å²) in [5.41, 5.74) is 1.03. The number of hydrogen-bond donors (Lipinski definition) is 3. The van der Waals surface area contributed by atoms with Crippen LogP contribution in [0, 0.1) is 0 Å². The summed E-state index contributed by atoms with van der Waals surface area (Å²) >= 11 is 0. The summed E-state index contributed by atoms with van der Waals surface area (Å²) < 4.78 is 5.04. The number of nitrogens with one attached hydrogen (secondary N) is 2. The third-order valence-electron chi connectivity index (χ3n) is 4.06. The second-order valence-electron chi connectivity index (χ2n) is 5.97. The minimum absolute atomic E-state index is 0.228. The predicted octanol–water partition coefficient (Wildman–Crippen LogP) is 2.07. The number of ether oxygens (including phenoxy) is 1. The van der Waals surface area contributed by atoms with Gasteiger partial charge in [0.05, 0.1) is 13.2 Å². The van der Waals surface area contributed by atoms with E-state index in [0.717, 1.165) is 30.9 Å². The molecule has 1 aliphatic heterocycles. The SMILES string of the molecule is CCNC(=NCc1ccc(O)cc1)NC1CCN(C(=O)OCC)CC1. The Bertz CT molecular complexity index is 566. The van der Waals surface area contributed by atoms with Gasteiger partial charge in [0, 0.05) is 25.7 Å². The Balaban J connectivity index is 1.86. The first-order valence-electron chi connectivity index (χ1n) is 8.86. The van der Waals surface area contributed by atoms with E-state index in [4.69, 9.17) is 4.74 Å². The number of benzene rings is 1. The monoisotopic (exact) mass is 348 g/mol. The third kappa shape index (κ3) is 6.17. The quantitative estimate of drug-likeness (QED) is 0.560. The lowest BCUT2D eigenvalue weighted by atomic mass is 10.1. The highest BCUT2D eigenvalue weighted by Gasteiger charge is 2.23. The molecule has 1 aliphatic rings. The molecule has 0 spiro atoms. The number of phenols is 1. The van der Waals surface area contributed by atoms with Crippen LogP contribution < -0.4 is 10.6 Å². The Morgan fingerprint density at radius 3 is 2.56 bits per heavy atom. The summed E-state index contributed by atoms with van der Waals surface area (Å²) in [6, 6.07) is 7.33. The van der Waals surface area contributed by atoms with Crippen molar-refractivity contribution < 1.29 is 14.6 Å². The van der Waals surface area contributed by atoms with Crippen molar-refractivity contribution in [3.8, 4) is 5.75 Å². The predicted molar refractivity (Wildman–Crippen MR) is 97.7 cm³/mol. The fourth-order valence-corrected chi connectivity index (χ4v) is 2.71. The molecule has 3 N–H and O–H groups in total. The molecule has 1 fully saturated rings. The number of likely N-dealkylation sites (tertiary alicyclic amines) is 1. The first-order valence-corrected chi connectivity index (χ1v) is 8.86. The van der Waals surface area contributed by atoms with Gasteiger partial charge in [0.15, 0.2) is 5.96 Å². The Labute approximate surface area is 149 Å². The van der Waals surface area contributed by atoms with Crippen LogP contribution in [-0.2, 0) is 11.3 Å². The number of rotatable bonds is 5. The van der Waals surface area contributed by atoms with Crippen LogP contribution in [-0.4, -0.2) is 54.3 Å². The molecule has 2 rings (SSSR count). The standard InChI is InChI=1S/C18H28N4O3/c1-3-19-17(20-13-14-5-7-16(23)8-6-14)21-15-9-11-22(12-10-15)18(24)25-4-2/h5-8,15,23H,3-4,9-13H2,1-2H3,(H2,19,20,21). The highest BCUT2D eigenvalue weighted by molar-refractivity contribution is 5.80. The van der Waals surface area contributed by atoms with Crippen molar-refractivity contribution in [3.63, 3.8) is 0 Å². The zero-order valence-corrected chi connectivity index (χ0v) is 15.0. The first kappa shape index (κ1) is 18.9.